The Morgan fingerprint density at radius 2 is 2.38 bits per heavy atom. The van der Waals surface area contributed by atoms with Gasteiger partial charge in [0.1, 0.15) is 6.10 Å². The molecule has 1 heterocycles. The monoisotopic (exact) mass is 306 g/mol. The molecule has 1 saturated heterocycles. The van der Waals surface area contributed by atoms with E-state index in [9.17, 15) is 9.63 Å². The first-order chi connectivity index (χ1) is 6.14. The minimum atomic E-state index is -1.25. The second-order valence-electron chi connectivity index (χ2n) is 3.00. The summed E-state index contributed by atoms with van der Waals surface area (Å²) >= 11 is 1.91. The Kier molecular flexibility index (Phi) is 4.30. The zero-order chi connectivity index (χ0) is 9.90. The summed E-state index contributed by atoms with van der Waals surface area (Å²) in [5, 5.41) is 17.9. The van der Waals surface area contributed by atoms with Gasteiger partial charge in [0.25, 0.3) is 0 Å². The first kappa shape index (κ1) is 11.6. The van der Waals surface area contributed by atoms with Crippen molar-refractivity contribution >= 4 is 22.6 Å². The van der Waals surface area contributed by atoms with Gasteiger partial charge in [0.05, 0.1) is 6.61 Å². The van der Waals surface area contributed by atoms with E-state index in [-0.39, 0.29) is 0 Å². The molecule has 0 radical (unpaired) electrons. The van der Waals surface area contributed by atoms with Crippen LogP contribution in [0.2, 0.25) is 0 Å². The smallest absolute Gasteiger partial charge is 0.164 e. The Balaban J connectivity index is 2.63. The summed E-state index contributed by atoms with van der Waals surface area (Å²) < 4.78 is 16.6. The van der Waals surface area contributed by atoms with E-state index in [1.807, 2.05) is 22.6 Å². The van der Waals surface area contributed by atoms with E-state index in [2.05, 4.69) is 4.94 Å². The van der Waals surface area contributed by atoms with Gasteiger partial charge in [0.15, 0.2) is 9.71 Å². The highest BCUT2D eigenvalue weighted by Gasteiger charge is 2.45. The van der Waals surface area contributed by atoms with Gasteiger partial charge >= 0.3 is 0 Å². The molecule has 0 bridgehead atoms. The average Bonchev–Trinajstić information content (AvgIpc) is 2.53. The SMILES string of the molecule is OCC(O)C(OF)C1(I)CCCO1. The molecule has 4 nitrogen and oxygen atoms in total. The molecule has 78 valence electrons. The predicted molar refractivity (Wildman–Crippen MR) is 51.0 cm³/mol. The van der Waals surface area contributed by atoms with Gasteiger partial charge in [0.2, 0.25) is 0 Å². The third kappa shape index (κ3) is 2.50. The molecule has 3 unspecified atom stereocenters. The number of halogens is 2. The van der Waals surface area contributed by atoms with Crippen molar-refractivity contribution in [3.05, 3.63) is 0 Å². The molecule has 0 aromatic carbocycles. The highest BCUT2D eigenvalue weighted by atomic mass is 127. The lowest BCUT2D eigenvalue weighted by Gasteiger charge is -2.30. The van der Waals surface area contributed by atoms with Crippen LogP contribution in [-0.2, 0) is 9.68 Å². The van der Waals surface area contributed by atoms with Gasteiger partial charge in [-0.25, -0.2) is 0 Å². The van der Waals surface area contributed by atoms with Crippen molar-refractivity contribution in [3.8, 4) is 0 Å². The van der Waals surface area contributed by atoms with Crippen LogP contribution in [0.15, 0.2) is 0 Å². The zero-order valence-corrected chi connectivity index (χ0v) is 9.11. The van der Waals surface area contributed by atoms with Gasteiger partial charge in [0, 0.05) is 6.61 Å². The average molecular weight is 306 g/mol. The van der Waals surface area contributed by atoms with E-state index in [0.717, 1.165) is 6.42 Å². The van der Waals surface area contributed by atoms with Gasteiger partial charge in [-0.3, -0.25) is 0 Å². The number of rotatable bonds is 4. The lowest BCUT2D eigenvalue weighted by molar-refractivity contribution is -0.245. The van der Waals surface area contributed by atoms with E-state index < -0.39 is 22.4 Å². The summed E-state index contributed by atoms with van der Waals surface area (Å²) in [5.74, 6) is 0. The first-order valence-corrected chi connectivity index (χ1v) is 5.11. The summed E-state index contributed by atoms with van der Waals surface area (Å²) in [6, 6.07) is 0. The Hall–Kier alpha value is 0.500. The number of hydrogen-bond acceptors (Lipinski definition) is 4. The van der Waals surface area contributed by atoms with Gasteiger partial charge in [-0.1, -0.05) is 0 Å². The van der Waals surface area contributed by atoms with Crippen LogP contribution in [0.25, 0.3) is 0 Å². The molecule has 0 saturated carbocycles. The molecule has 1 fully saturated rings. The van der Waals surface area contributed by atoms with Crippen molar-refractivity contribution < 1.29 is 24.4 Å². The molecule has 0 aliphatic carbocycles. The highest BCUT2D eigenvalue weighted by Crippen LogP contribution is 2.38. The first-order valence-electron chi connectivity index (χ1n) is 4.03. The van der Waals surface area contributed by atoms with Crippen molar-refractivity contribution in [1.29, 1.82) is 0 Å². The Bertz CT molecular complexity index is 163. The Morgan fingerprint density at radius 1 is 1.69 bits per heavy atom. The van der Waals surface area contributed by atoms with E-state index >= 15 is 0 Å². The topological polar surface area (TPSA) is 58.9 Å². The lowest BCUT2D eigenvalue weighted by Crippen LogP contribution is -2.46. The fourth-order valence-corrected chi connectivity index (χ4v) is 2.47. The number of ether oxygens (including phenoxy) is 1. The molecule has 0 aromatic heterocycles. The largest absolute Gasteiger partial charge is 0.394 e. The highest BCUT2D eigenvalue weighted by molar-refractivity contribution is 14.1. The number of hydrogen-bond donors (Lipinski definition) is 2. The molecule has 13 heavy (non-hydrogen) atoms. The van der Waals surface area contributed by atoms with Crippen molar-refractivity contribution in [2.75, 3.05) is 13.2 Å². The number of alkyl halides is 1. The van der Waals surface area contributed by atoms with Gasteiger partial charge in [-0.15, -0.1) is 0 Å². The molecule has 6 heteroatoms. The van der Waals surface area contributed by atoms with E-state index in [0.29, 0.717) is 13.0 Å². The minimum Gasteiger partial charge on any atom is -0.394 e. The summed E-state index contributed by atoms with van der Waals surface area (Å²) in [5.41, 5.74) is 0. The molecule has 2 N–H and O–H groups in total. The van der Waals surface area contributed by atoms with Crippen molar-refractivity contribution in [3.63, 3.8) is 0 Å². The normalized spacial score (nSPS) is 33.2. The maximum Gasteiger partial charge on any atom is 0.164 e. The van der Waals surface area contributed by atoms with Crippen LogP contribution in [0.1, 0.15) is 12.8 Å². The maximum absolute atomic E-state index is 12.1. The quantitative estimate of drug-likeness (QED) is 0.588. The van der Waals surface area contributed by atoms with E-state index in [1.165, 1.54) is 0 Å². The van der Waals surface area contributed by atoms with Gasteiger partial charge < -0.3 is 14.9 Å². The Morgan fingerprint density at radius 3 is 2.77 bits per heavy atom. The van der Waals surface area contributed by atoms with Crippen LogP contribution in [0.3, 0.4) is 0 Å². The summed E-state index contributed by atoms with van der Waals surface area (Å²) in [4.78, 5) is 3.65. The fraction of sp³-hybridized carbons (Fsp3) is 1.00. The molecule has 1 aliphatic heterocycles. The predicted octanol–water partition coefficient (Wildman–Crippen LogP) is 0.551. The Labute approximate surface area is 89.1 Å². The summed E-state index contributed by atoms with van der Waals surface area (Å²) in [7, 11) is 0. The number of aliphatic hydroxyl groups is 2. The van der Waals surface area contributed by atoms with E-state index in [1.54, 1.807) is 0 Å². The molecular weight excluding hydrogens is 294 g/mol. The molecule has 1 aliphatic rings. The van der Waals surface area contributed by atoms with Crippen molar-refractivity contribution in [1.82, 2.24) is 0 Å². The third-order valence-electron chi connectivity index (χ3n) is 2.06. The molecule has 1 rings (SSSR count). The van der Waals surface area contributed by atoms with Crippen LogP contribution in [0.4, 0.5) is 4.53 Å². The summed E-state index contributed by atoms with van der Waals surface area (Å²) in [6.45, 7) is -0.0103. The van der Waals surface area contributed by atoms with Crippen LogP contribution < -0.4 is 0 Å². The van der Waals surface area contributed by atoms with Crippen LogP contribution in [0, 0.1) is 0 Å². The second-order valence-corrected chi connectivity index (χ2v) is 4.82. The molecule has 0 aromatic rings. The zero-order valence-electron chi connectivity index (χ0n) is 6.95. The molecular formula is C7H12FIO4. The third-order valence-corrected chi connectivity index (χ3v) is 3.53. The van der Waals surface area contributed by atoms with Crippen molar-refractivity contribution in [2.45, 2.75) is 28.7 Å². The number of aliphatic hydroxyl groups excluding tert-OH is 2. The molecule has 0 amide bonds. The van der Waals surface area contributed by atoms with Crippen molar-refractivity contribution in [2.24, 2.45) is 0 Å². The second kappa shape index (κ2) is 4.83. The van der Waals surface area contributed by atoms with E-state index in [4.69, 9.17) is 9.84 Å². The van der Waals surface area contributed by atoms with Crippen LogP contribution in [0.5, 0.6) is 0 Å². The maximum atomic E-state index is 12.1. The molecule has 3 atom stereocenters. The van der Waals surface area contributed by atoms with Gasteiger partial charge in [-0.2, -0.15) is 4.94 Å². The fourth-order valence-electron chi connectivity index (χ4n) is 1.36. The molecule has 0 spiro atoms. The lowest BCUT2D eigenvalue weighted by atomic mass is 10.1. The summed E-state index contributed by atoms with van der Waals surface area (Å²) in [6.07, 6.45) is -0.958. The minimum absolute atomic E-state index is 0.529. The van der Waals surface area contributed by atoms with Crippen LogP contribution >= 0.6 is 22.6 Å². The standard InChI is InChI=1S/C7H12FIO4/c8-13-6(5(11)4-10)7(9)2-1-3-12-7/h5-6,10-11H,1-4H2. The van der Waals surface area contributed by atoms with Crippen LogP contribution in [-0.4, -0.2) is 39.2 Å². The van der Waals surface area contributed by atoms with Gasteiger partial charge in [-0.05, 0) is 40.0 Å².